The zero-order chi connectivity index (χ0) is 17.3. The van der Waals surface area contributed by atoms with Crippen molar-refractivity contribution < 1.29 is 4.79 Å². The zero-order valence-corrected chi connectivity index (χ0v) is 15.0. The largest absolute Gasteiger partial charge is 0.358 e. The fourth-order valence-corrected chi connectivity index (χ4v) is 3.62. The lowest BCUT2D eigenvalue weighted by molar-refractivity contribution is -0.129. The molecular formula is C18H20N4OS. The molecule has 0 bridgehead atoms. The number of anilines is 1. The molecule has 3 rings (SSSR count). The van der Waals surface area contributed by atoms with Gasteiger partial charge in [0.1, 0.15) is 22.5 Å². The van der Waals surface area contributed by atoms with Crippen LogP contribution >= 0.6 is 11.3 Å². The van der Waals surface area contributed by atoms with Crippen LogP contribution in [0.1, 0.15) is 12.7 Å². The zero-order valence-electron chi connectivity index (χ0n) is 14.2. The van der Waals surface area contributed by atoms with E-state index < -0.39 is 0 Å². The van der Waals surface area contributed by atoms with E-state index in [1.165, 1.54) is 0 Å². The van der Waals surface area contributed by atoms with Gasteiger partial charge in [-0.2, -0.15) is 0 Å². The Morgan fingerprint density at radius 3 is 2.58 bits per heavy atom. The van der Waals surface area contributed by atoms with Crippen molar-refractivity contribution in [2.45, 2.75) is 19.9 Å². The summed E-state index contributed by atoms with van der Waals surface area (Å²) in [4.78, 5) is 24.8. The van der Waals surface area contributed by atoms with E-state index in [9.17, 15) is 4.79 Å². The predicted molar refractivity (Wildman–Crippen MR) is 99.4 cm³/mol. The molecule has 1 N–H and O–H groups in total. The molecule has 0 aliphatic heterocycles. The number of carbonyl (C=O) groups excluding carboxylic acids is 1. The number of amides is 1. The van der Waals surface area contributed by atoms with Gasteiger partial charge in [-0.25, -0.2) is 9.97 Å². The second kappa shape index (κ2) is 6.57. The first kappa shape index (κ1) is 16.4. The molecule has 0 saturated heterocycles. The number of fused-ring (bicyclic) bond motifs is 1. The van der Waals surface area contributed by atoms with Crippen molar-refractivity contribution in [3.8, 4) is 10.4 Å². The lowest BCUT2D eigenvalue weighted by atomic mass is 10.2. The van der Waals surface area contributed by atoms with Crippen molar-refractivity contribution >= 4 is 33.3 Å². The fraction of sp³-hybridized carbons (Fsp3) is 0.278. The third kappa shape index (κ3) is 3.23. The van der Waals surface area contributed by atoms with Crippen molar-refractivity contribution in [2.75, 3.05) is 19.4 Å². The van der Waals surface area contributed by atoms with Crippen LogP contribution in [-0.4, -0.2) is 40.9 Å². The molecule has 1 atom stereocenters. The number of hydrogen-bond acceptors (Lipinski definition) is 5. The van der Waals surface area contributed by atoms with Crippen molar-refractivity contribution in [1.29, 1.82) is 0 Å². The number of thiophene rings is 1. The van der Waals surface area contributed by atoms with Crippen LogP contribution < -0.4 is 5.32 Å². The number of rotatable bonds is 4. The number of aryl methyl sites for hydroxylation is 1. The Balaban J connectivity index is 2.02. The number of benzene rings is 1. The standard InChI is InChI=1S/C18H20N4OS/c1-11(18(23)22(3)4)19-16-14-10-15(13-8-6-5-7-9-13)24-17(14)21-12(2)20-16/h5-11H,1-4H3,(H,19,20,21)/t11-/m0/s1. The monoisotopic (exact) mass is 340 g/mol. The first-order chi connectivity index (χ1) is 11.5. The molecule has 3 aromatic rings. The van der Waals surface area contributed by atoms with Gasteiger partial charge < -0.3 is 10.2 Å². The summed E-state index contributed by atoms with van der Waals surface area (Å²) in [5, 5.41) is 4.18. The molecule has 0 aliphatic rings. The second-order valence-corrected chi connectivity index (χ2v) is 6.94. The van der Waals surface area contributed by atoms with Gasteiger partial charge in [0, 0.05) is 19.0 Å². The first-order valence-corrected chi connectivity index (χ1v) is 8.58. The summed E-state index contributed by atoms with van der Waals surface area (Å²) in [5.74, 6) is 1.41. The van der Waals surface area contributed by atoms with Crippen molar-refractivity contribution in [3.63, 3.8) is 0 Å². The highest BCUT2D eigenvalue weighted by atomic mass is 32.1. The molecular weight excluding hydrogens is 320 g/mol. The Bertz CT molecular complexity index is 873. The van der Waals surface area contributed by atoms with Gasteiger partial charge in [0.2, 0.25) is 5.91 Å². The van der Waals surface area contributed by atoms with Crippen molar-refractivity contribution in [1.82, 2.24) is 14.9 Å². The SMILES string of the molecule is Cc1nc(N[C@@H](C)C(=O)N(C)C)c2cc(-c3ccccc3)sc2n1. The molecule has 0 aliphatic carbocycles. The smallest absolute Gasteiger partial charge is 0.244 e. The molecule has 24 heavy (non-hydrogen) atoms. The third-order valence-electron chi connectivity index (χ3n) is 3.73. The topological polar surface area (TPSA) is 58.1 Å². The summed E-state index contributed by atoms with van der Waals surface area (Å²) >= 11 is 1.63. The molecule has 1 amide bonds. The molecule has 0 spiro atoms. The van der Waals surface area contributed by atoms with Crippen molar-refractivity contribution in [3.05, 3.63) is 42.2 Å². The van der Waals surface area contributed by atoms with Crippen molar-refractivity contribution in [2.24, 2.45) is 0 Å². The Kier molecular flexibility index (Phi) is 4.49. The average molecular weight is 340 g/mol. The van der Waals surface area contributed by atoms with Gasteiger partial charge in [-0.3, -0.25) is 4.79 Å². The lowest BCUT2D eigenvalue weighted by Gasteiger charge is -2.18. The van der Waals surface area contributed by atoms with Gasteiger partial charge in [0.15, 0.2) is 0 Å². The quantitative estimate of drug-likeness (QED) is 0.789. The summed E-state index contributed by atoms with van der Waals surface area (Å²) in [6, 6.07) is 11.9. The summed E-state index contributed by atoms with van der Waals surface area (Å²) in [6.07, 6.45) is 0. The van der Waals surface area contributed by atoms with E-state index in [1.807, 2.05) is 32.0 Å². The first-order valence-electron chi connectivity index (χ1n) is 7.77. The minimum Gasteiger partial charge on any atom is -0.358 e. The molecule has 0 fully saturated rings. The summed E-state index contributed by atoms with van der Waals surface area (Å²) in [6.45, 7) is 3.71. The number of likely N-dealkylation sites (N-methyl/N-ethyl adjacent to an activating group) is 1. The highest BCUT2D eigenvalue weighted by molar-refractivity contribution is 7.21. The number of hydrogen-bond donors (Lipinski definition) is 1. The minimum atomic E-state index is -0.349. The van der Waals surface area contributed by atoms with E-state index in [0.717, 1.165) is 20.7 Å². The molecule has 2 aromatic heterocycles. The molecule has 1 aromatic carbocycles. The van der Waals surface area contributed by atoms with Gasteiger partial charge in [0.25, 0.3) is 0 Å². The maximum atomic E-state index is 12.1. The van der Waals surface area contributed by atoms with Gasteiger partial charge >= 0.3 is 0 Å². The average Bonchev–Trinajstić information content (AvgIpc) is 2.98. The summed E-state index contributed by atoms with van der Waals surface area (Å²) < 4.78 is 0. The molecule has 5 nitrogen and oxygen atoms in total. The van der Waals surface area contributed by atoms with Crippen LogP contribution in [0.25, 0.3) is 20.7 Å². The Labute approximate surface area is 145 Å². The molecule has 6 heteroatoms. The Morgan fingerprint density at radius 1 is 1.21 bits per heavy atom. The molecule has 2 heterocycles. The summed E-state index contributed by atoms with van der Waals surface area (Å²) in [7, 11) is 3.50. The highest BCUT2D eigenvalue weighted by Gasteiger charge is 2.18. The number of nitrogens with zero attached hydrogens (tertiary/aromatic N) is 3. The van der Waals surface area contributed by atoms with Crippen LogP contribution in [0, 0.1) is 6.92 Å². The lowest BCUT2D eigenvalue weighted by Crippen LogP contribution is -2.36. The Hall–Kier alpha value is -2.47. The third-order valence-corrected chi connectivity index (χ3v) is 4.81. The molecule has 0 saturated carbocycles. The summed E-state index contributed by atoms with van der Waals surface area (Å²) in [5.41, 5.74) is 1.15. The van der Waals surface area contributed by atoms with Crippen LogP contribution in [0.15, 0.2) is 36.4 Å². The van der Waals surface area contributed by atoms with E-state index in [0.29, 0.717) is 11.6 Å². The highest BCUT2D eigenvalue weighted by Crippen LogP contribution is 2.35. The number of nitrogens with one attached hydrogen (secondary N) is 1. The van der Waals surface area contributed by atoms with Gasteiger partial charge in [-0.05, 0) is 25.5 Å². The van der Waals surface area contributed by atoms with Crippen LogP contribution in [-0.2, 0) is 4.79 Å². The second-order valence-electron chi connectivity index (χ2n) is 5.91. The van der Waals surface area contributed by atoms with Crippen LogP contribution in [0.4, 0.5) is 5.82 Å². The van der Waals surface area contributed by atoms with E-state index >= 15 is 0 Å². The number of aromatic nitrogens is 2. The Morgan fingerprint density at radius 2 is 1.92 bits per heavy atom. The van der Waals surface area contributed by atoms with Gasteiger partial charge in [-0.15, -0.1) is 11.3 Å². The van der Waals surface area contributed by atoms with Crippen LogP contribution in [0.3, 0.4) is 0 Å². The number of carbonyl (C=O) groups is 1. The van der Waals surface area contributed by atoms with Gasteiger partial charge in [0.05, 0.1) is 5.39 Å². The predicted octanol–water partition coefficient (Wildman–Crippen LogP) is 3.56. The van der Waals surface area contributed by atoms with E-state index in [1.54, 1.807) is 30.3 Å². The molecule has 0 radical (unpaired) electrons. The van der Waals surface area contributed by atoms with E-state index in [-0.39, 0.29) is 11.9 Å². The van der Waals surface area contributed by atoms with Crippen LogP contribution in [0.5, 0.6) is 0 Å². The molecule has 124 valence electrons. The maximum absolute atomic E-state index is 12.1. The van der Waals surface area contributed by atoms with Gasteiger partial charge in [-0.1, -0.05) is 30.3 Å². The normalized spacial score (nSPS) is 12.2. The fourth-order valence-electron chi connectivity index (χ4n) is 2.54. The minimum absolute atomic E-state index is 0.0120. The van der Waals surface area contributed by atoms with Crippen LogP contribution in [0.2, 0.25) is 0 Å². The maximum Gasteiger partial charge on any atom is 0.244 e. The molecule has 0 unspecified atom stereocenters. The van der Waals surface area contributed by atoms with E-state index in [2.05, 4.69) is 33.5 Å². The van der Waals surface area contributed by atoms with E-state index in [4.69, 9.17) is 0 Å².